The van der Waals surface area contributed by atoms with Crippen LogP contribution in [0.4, 0.5) is 5.13 Å². The fraction of sp³-hybridized carbons (Fsp3) is 0.238. The summed E-state index contributed by atoms with van der Waals surface area (Å²) in [5.41, 5.74) is 2.03. The van der Waals surface area contributed by atoms with Crippen molar-refractivity contribution in [1.82, 2.24) is 15.2 Å². The number of carbonyl (C=O) groups is 1. The number of thiazole rings is 1. The maximum Gasteiger partial charge on any atom is 0.277 e. The molecule has 0 saturated heterocycles. The zero-order valence-corrected chi connectivity index (χ0v) is 18.1. The molecule has 2 heterocycles. The quantitative estimate of drug-likeness (QED) is 0.374. The molecule has 0 aliphatic heterocycles. The standard InChI is InChI=1S/C21H20N4O3S2/c1-3-16(27-14-10-8-13(2)9-11-14)19-24-25-21(28-19)29-12-18(26)23-20-22-15-6-4-5-7-17(15)30-20/h4-11,16H,3,12H2,1-2H3,(H,22,23,26). The predicted molar refractivity (Wildman–Crippen MR) is 118 cm³/mol. The second kappa shape index (κ2) is 9.27. The van der Waals surface area contributed by atoms with Crippen LogP contribution in [-0.4, -0.2) is 26.8 Å². The number of ether oxygens (including phenoxy) is 1. The molecule has 1 unspecified atom stereocenters. The molecule has 30 heavy (non-hydrogen) atoms. The van der Waals surface area contributed by atoms with E-state index in [0.29, 0.717) is 22.7 Å². The van der Waals surface area contributed by atoms with E-state index in [1.165, 1.54) is 23.1 Å². The summed E-state index contributed by atoms with van der Waals surface area (Å²) in [5, 5.41) is 11.8. The van der Waals surface area contributed by atoms with Crippen LogP contribution in [0.15, 0.2) is 58.2 Å². The van der Waals surface area contributed by atoms with E-state index in [-0.39, 0.29) is 17.8 Å². The molecule has 2 aromatic heterocycles. The third-order valence-electron chi connectivity index (χ3n) is 4.23. The van der Waals surface area contributed by atoms with Crippen molar-refractivity contribution in [2.45, 2.75) is 31.6 Å². The first kappa shape index (κ1) is 20.4. The average Bonchev–Trinajstić information content (AvgIpc) is 3.38. The van der Waals surface area contributed by atoms with Crippen LogP contribution in [0.25, 0.3) is 10.2 Å². The summed E-state index contributed by atoms with van der Waals surface area (Å²) >= 11 is 2.62. The van der Waals surface area contributed by atoms with Crippen LogP contribution in [-0.2, 0) is 4.79 Å². The summed E-state index contributed by atoms with van der Waals surface area (Å²) in [7, 11) is 0. The summed E-state index contributed by atoms with van der Waals surface area (Å²) in [5.74, 6) is 1.11. The molecule has 0 spiro atoms. The number of para-hydroxylation sites is 1. The molecule has 0 bridgehead atoms. The number of fused-ring (bicyclic) bond motifs is 1. The van der Waals surface area contributed by atoms with E-state index in [1.807, 2.05) is 62.4 Å². The van der Waals surface area contributed by atoms with Gasteiger partial charge in [0.2, 0.25) is 5.91 Å². The van der Waals surface area contributed by atoms with E-state index in [2.05, 4.69) is 20.5 Å². The molecule has 4 rings (SSSR count). The van der Waals surface area contributed by atoms with Crippen molar-refractivity contribution in [3.8, 4) is 5.75 Å². The monoisotopic (exact) mass is 440 g/mol. The molecule has 0 radical (unpaired) electrons. The molecule has 1 atom stereocenters. The Balaban J connectivity index is 1.32. The van der Waals surface area contributed by atoms with Crippen molar-refractivity contribution in [3.05, 3.63) is 60.0 Å². The van der Waals surface area contributed by atoms with Crippen molar-refractivity contribution in [1.29, 1.82) is 0 Å². The van der Waals surface area contributed by atoms with Crippen LogP contribution in [0, 0.1) is 6.92 Å². The van der Waals surface area contributed by atoms with Crippen LogP contribution in [0.3, 0.4) is 0 Å². The van der Waals surface area contributed by atoms with Gasteiger partial charge in [0.25, 0.3) is 11.1 Å². The van der Waals surface area contributed by atoms with E-state index < -0.39 is 0 Å². The van der Waals surface area contributed by atoms with E-state index >= 15 is 0 Å². The highest BCUT2D eigenvalue weighted by Crippen LogP contribution is 2.28. The number of rotatable bonds is 8. The summed E-state index contributed by atoms with van der Waals surface area (Å²) in [4.78, 5) is 16.6. The van der Waals surface area contributed by atoms with Gasteiger partial charge in [-0.25, -0.2) is 4.98 Å². The molecule has 2 aromatic carbocycles. The predicted octanol–water partition coefficient (Wildman–Crippen LogP) is 5.25. The van der Waals surface area contributed by atoms with Crippen LogP contribution in [0.1, 0.15) is 30.9 Å². The minimum Gasteiger partial charge on any atom is -0.481 e. The Morgan fingerprint density at radius 2 is 2.00 bits per heavy atom. The van der Waals surface area contributed by atoms with E-state index in [0.717, 1.165) is 21.5 Å². The van der Waals surface area contributed by atoms with Gasteiger partial charge < -0.3 is 14.5 Å². The van der Waals surface area contributed by atoms with Crippen molar-refractivity contribution in [3.63, 3.8) is 0 Å². The minimum atomic E-state index is -0.342. The number of aryl methyl sites for hydroxylation is 1. The lowest BCUT2D eigenvalue weighted by Gasteiger charge is -2.13. The Hall–Kier alpha value is -2.91. The summed E-state index contributed by atoms with van der Waals surface area (Å²) in [6.45, 7) is 4.01. The van der Waals surface area contributed by atoms with Crippen molar-refractivity contribution >= 4 is 44.4 Å². The first-order valence-corrected chi connectivity index (χ1v) is 11.3. The fourth-order valence-corrected chi connectivity index (χ4v) is 4.16. The van der Waals surface area contributed by atoms with Gasteiger partial charge >= 0.3 is 0 Å². The van der Waals surface area contributed by atoms with Gasteiger partial charge in [-0.2, -0.15) is 0 Å². The van der Waals surface area contributed by atoms with Crippen LogP contribution < -0.4 is 10.1 Å². The molecular weight excluding hydrogens is 420 g/mol. The van der Waals surface area contributed by atoms with Gasteiger partial charge in [0.05, 0.1) is 16.0 Å². The summed E-state index contributed by atoms with van der Waals surface area (Å²) < 4.78 is 12.7. The number of anilines is 1. The van der Waals surface area contributed by atoms with Gasteiger partial charge in [0.15, 0.2) is 11.2 Å². The van der Waals surface area contributed by atoms with Gasteiger partial charge in [0, 0.05) is 0 Å². The Morgan fingerprint density at radius 3 is 2.77 bits per heavy atom. The second-order valence-corrected chi connectivity index (χ2v) is 8.51. The Bertz CT molecular complexity index is 1110. The van der Waals surface area contributed by atoms with E-state index in [1.54, 1.807) is 0 Å². The molecule has 9 heteroatoms. The third-order valence-corrected chi connectivity index (χ3v) is 6.00. The van der Waals surface area contributed by atoms with Gasteiger partial charge in [-0.1, -0.05) is 59.9 Å². The molecule has 0 aliphatic carbocycles. The Morgan fingerprint density at radius 1 is 1.20 bits per heavy atom. The van der Waals surface area contributed by atoms with Crippen molar-refractivity contribution in [2.75, 3.05) is 11.1 Å². The summed E-state index contributed by atoms with van der Waals surface area (Å²) in [6, 6.07) is 15.6. The maximum absolute atomic E-state index is 12.2. The highest BCUT2D eigenvalue weighted by molar-refractivity contribution is 7.99. The van der Waals surface area contributed by atoms with Gasteiger partial charge in [-0.15, -0.1) is 10.2 Å². The zero-order valence-electron chi connectivity index (χ0n) is 16.5. The highest BCUT2D eigenvalue weighted by Gasteiger charge is 2.20. The lowest BCUT2D eigenvalue weighted by atomic mass is 10.2. The Labute approximate surface area is 181 Å². The SMILES string of the molecule is CCC(Oc1ccc(C)cc1)c1nnc(SCC(=O)Nc2nc3ccccc3s2)o1. The van der Waals surface area contributed by atoms with Gasteiger partial charge in [-0.3, -0.25) is 4.79 Å². The average molecular weight is 441 g/mol. The zero-order chi connectivity index (χ0) is 20.9. The van der Waals surface area contributed by atoms with Crippen molar-refractivity contribution in [2.24, 2.45) is 0 Å². The number of nitrogens with zero attached hydrogens (tertiary/aromatic N) is 3. The maximum atomic E-state index is 12.2. The number of nitrogens with one attached hydrogen (secondary N) is 1. The number of benzene rings is 2. The number of thioether (sulfide) groups is 1. The first-order chi connectivity index (χ1) is 14.6. The Kier molecular flexibility index (Phi) is 6.29. The van der Waals surface area contributed by atoms with Crippen LogP contribution >= 0.6 is 23.1 Å². The molecule has 1 amide bonds. The summed E-state index contributed by atoms with van der Waals surface area (Å²) in [6.07, 6.45) is 0.337. The van der Waals surface area contributed by atoms with E-state index in [4.69, 9.17) is 9.15 Å². The minimum absolute atomic E-state index is 0.146. The smallest absolute Gasteiger partial charge is 0.277 e. The molecule has 154 valence electrons. The fourth-order valence-electron chi connectivity index (χ4n) is 2.71. The van der Waals surface area contributed by atoms with Crippen LogP contribution in [0.2, 0.25) is 0 Å². The topological polar surface area (TPSA) is 90.1 Å². The number of aromatic nitrogens is 3. The second-order valence-electron chi connectivity index (χ2n) is 6.56. The first-order valence-electron chi connectivity index (χ1n) is 9.45. The molecule has 0 fully saturated rings. The van der Waals surface area contributed by atoms with Gasteiger partial charge in [-0.05, 0) is 37.6 Å². The number of hydrogen-bond acceptors (Lipinski definition) is 8. The molecule has 0 saturated carbocycles. The largest absolute Gasteiger partial charge is 0.481 e. The normalized spacial score (nSPS) is 12.1. The van der Waals surface area contributed by atoms with Crippen molar-refractivity contribution < 1.29 is 13.9 Å². The number of amides is 1. The number of hydrogen-bond donors (Lipinski definition) is 1. The van der Waals surface area contributed by atoms with Gasteiger partial charge in [0.1, 0.15) is 5.75 Å². The molecule has 0 aliphatic rings. The molecule has 7 nitrogen and oxygen atoms in total. The molecular formula is C21H20N4O3S2. The highest BCUT2D eigenvalue weighted by atomic mass is 32.2. The molecule has 4 aromatic rings. The lowest BCUT2D eigenvalue weighted by Crippen LogP contribution is -2.13. The third kappa shape index (κ3) is 4.98. The van der Waals surface area contributed by atoms with E-state index in [9.17, 15) is 4.79 Å². The molecule has 1 N–H and O–H groups in total. The lowest BCUT2D eigenvalue weighted by molar-refractivity contribution is -0.113. The van der Waals surface area contributed by atoms with Crippen LogP contribution in [0.5, 0.6) is 5.75 Å². The number of carbonyl (C=O) groups excluding carboxylic acids is 1.